The van der Waals surface area contributed by atoms with Crippen molar-refractivity contribution in [3.63, 3.8) is 0 Å². The van der Waals surface area contributed by atoms with Crippen LogP contribution in [-0.2, 0) is 27.8 Å². The van der Waals surface area contributed by atoms with E-state index in [0.717, 1.165) is 7.11 Å². The summed E-state index contributed by atoms with van der Waals surface area (Å²) in [6.45, 7) is 1.75. The lowest BCUT2D eigenvalue weighted by Crippen LogP contribution is -2.37. The van der Waals surface area contributed by atoms with Gasteiger partial charge in [-0.15, -0.1) is 0 Å². The number of methoxy groups -OCH3 is 2. The minimum Gasteiger partial charge on any atom is -0.376 e. The highest BCUT2D eigenvalue weighted by atomic mass is 31.2. The highest BCUT2D eigenvalue weighted by Crippen LogP contribution is 2.42. The van der Waals surface area contributed by atoms with E-state index in [1.54, 1.807) is 7.11 Å². The lowest BCUT2D eigenvalue weighted by atomic mass is 10.1. The Hall–Kier alpha value is -0.0100. The summed E-state index contributed by atoms with van der Waals surface area (Å²) in [5, 5.41) is 0. The van der Waals surface area contributed by atoms with Gasteiger partial charge in [0.1, 0.15) is 18.3 Å². The Morgan fingerprint density at radius 3 is 2.29 bits per heavy atom. The number of ether oxygens (including phenoxy) is 3. The smallest absolute Gasteiger partial charge is 0.376 e. The Morgan fingerprint density at radius 2 is 1.82 bits per heavy atom. The zero-order valence-corrected chi connectivity index (χ0v) is 11.3. The maximum absolute atomic E-state index is 11.2. The van der Waals surface area contributed by atoms with E-state index in [0.29, 0.717) is 0 Å². The second-order valence-electron chi connectivity index (χ2n) is 3.73. The predicted octanol–water partition coefficient (Wildman–Crippen LogP) is 0.567. The van der Waals surface area contributed by atoms with Gasteiger partial charge in [0.05, 0.1) is 12.7 Å². The van der Waals surface area contributed by atoms with Crippen LogP contribution in [0.3, 0.4) is 0 Å². The molecule has 0 amide bonds. The zero-order valence-electron chi connectivity index (χ0n) is 10.4. The van der Waals surface area contributed by atoms with Crippen LogP contribution in [0.25, 0.3) is 0 Å². The summed E-state index contributed by atoms with van der Waals surface area (Å²) in [4.78, 5) is 9.11. The van der Waals surface area contributed by atoms with Gasteiger partial charge in [0.25, 0.3) is 0 Å². The number of phosphoric ester groups is 1. The number of rotatable bonds is 6. The first kappa shape index (κ1) is 15.0. The molecule has 1 fully saturated rings. The van der Waals surface area contributed by atoms with E-state index in [2.05, 4.69) is 4.52 Å². The van der Waals surface area contributed by atoms with Crippen LogP contribution in [0.2, 0.25) is 0 Å². The standard InChI is InChI=1S/C9H19O7P/c1-6-8(12-2)9(13-3)7(16-6)5-15-17(10,11)14-4/h6-9H,5H2,1-4H3,(H,10,11)/t6-,7+,8+,9?/m0/s1. The predicted molar refractivity (Wildman–Crippen MR) is 58.7 cm³/mol. The van der Waals surface area contributed by atoms with Gasteiger partial charge in [0.2, 0.25) is 0 Å². The second kappa shape index (κ2) is 6.24. The first-order valence-electron chi connectivity index (χ1n) is 5.19. The van der Waals surface area contributed by atoms with Crippen LogP contribution < -0.4 is 0 Å². The maximum Gasteiger partial charge on any atom is 0.472 e. The fourth-order valence-corrected chi connectivity index (χ4v) is 2.32. The summed E-state index contributed by atoms with van der Waals surface area (Å²) in [5.74, 6) is 0. The molecule has 7 nitrogen and oxygen atoms in total. The van der Waals surface area contributed by atoms with Crippen LogP contribution >= 0.6 is 7.82 Å². The Morgan fingerprint density at radius 1 is 1.24 bits per heavy atom. The van der Waals surface area contributed by atoms with Crippen LogP contribution in [0, 0.1) is 0 Å². The number of hydrogen-bond donors (Lipinski definition) is 1. The van der Waals surface area contributed by atoms with Gasteiger partial charge in [-0.05, 0) is 6.92 Å². The third kappa shape index (κ3) is 3.72. The van der Waals surface area contributed by atoms with Crippen molar-refractivity contribution in [3.8, 4) is 0 Å². The molecule has 1 rings (SSSR count). The molecule has 1 N–H and O–H groups in total. The molecular weight excluding hydrogens is 251 g/mol. The largest absolute Gasteiger partial charge is 0.472 e. The van der Waals surface area contributed by atoms with E-state index < -0.39 is 13.9 Å². The molecule has 0 bridgehead atoms. The molecule has 0 saturated carbocycles. The van der Waals surface area contributed by atoms with Crippen LogP contribution in [0.4, 0.5) is 0 Å². The minimum absolute atomic E-state index is 0.0929. The molecule has 0 aromatic heterocycles. The monoisotopic (exact) mass is 270 g/mol. The van der Waals surface area contributed by atoms with Gasteiger partial charge in [-0.3, -0.25) is 9.05 Å². The minimum atomic E-state index is -3.99. The van der Waals surface area contributed by atoms with Crippen molar-refractivity contribution in [1.29, 1.82) is 0 Å². The number of phosphoric acid groups is 1. The van der Waals surface area contributed by atoms with Gasteiger partial charge in [-0.2, -0.15) is 0 Å². The first-order chi connectivity index (χ1) is 7.95. The SMILES string of the molecule is COC1[C@@H](COP(=O)(O)OC)O[C@@H](C)[C@H]1OC. The van der Waals surface area contributed by atoms with Gasteiger partial charge in [-0.1, -0.05) is 0 Å². The molecule has 17 heavy (non-hydrogen) atoms. The molecule has 5 atom stereocenters. The molecule has 0 aromatic carbocycles. The molecule has 1 saturated heterocycles. The fraction of sp³-hybridized carbons (Fsp3) is 1.00. The van der Waals surface area contributed by atoms with E-state index in [-0.39, 0.29) is 24.9 Å². The molecule has 1 heterocycles. The molecule has 8 heteroatoms. The second-order valence-corrected chi connectivity index (χ2v) is 5.29. The van der Waals surface area contributed by atoms with E-state index in [1.807, 2.05) is 6.92 Å². The molecule has 2 unspecified atom stereocenters. The molecule has 0 spiro atoms. The lowest BCUT2D eigenvalue weighted by Gasteiger charge is -2.21. The molecule has 102 valence electrons. The molecule has 0 radical (unpaired) electrons. The van der Waals surface area contributed by atoms with Crippen LogP contribution in [-0.4, -0.2) is 57.2 Å². The van der Waals surface area contributed by atoms with Crippen molar-refractivity contribution in [2.24, 2.45) is 0 Å². The van der Waals surface area contributed by atoms with Crippen molar-refractivity contribution in [2.45, 2.75) is 31.3 Å². The third-order valence-corrected chi connectivity index (χ3v) is 3.66. The van der Waals surface area contributed by atoms with Crippen molar-refractivity contribution < 1.29 is 32.7 Å². The van der Waals surface area contributed by atoms with E-state index in [1.165, 1.54) is 7.11 Å². The average molecular weight is 270 g/mol. The summed E-state index contributed by atoms with van der Waals surface area (Å²) in [5.41, 5.74) is 0. The lowest BCUT2D eigenvalue weighted by molar-refractivity contribution is -0.0397. The van der Waals surface area contributed by atoms with Gasteiger partial charge in [-0.25, -0.2) is 4.57 Å². The van der Waals surface area contributed by atoms with E-state index in [9.17, 15) is 4.57 Å². The molecule has 0 aromatic rings. The van der Waals surface area contributed by atoms with Crippen molar-refractivity contribution in [3.05, 3.63) is 0 Å². The van der Waals surface area contributed by atoms with Crippen LogP contribution in [0.1, 0.15) is 6.92 Å². The summed E-state index contributed by atoms with van der Waals surface area (Å²) in [6.07, 6.45) is -1.20. The van der Waals surface area contributed by atoms with Gasteiger partial charge >= 0.3 is 7.82 Å². The van der Waals surface area contributed by atoms with Gasteiger partial charge in [0, 0.05) is 21.3 Å². The van der Waals surface area contributed by atoms with Gasteiger partial charge < -0.3 is 19.1 Å². The Labute approximate surface area is 101 Å². The third-order valence-electron chi connectivity index (χ3n) is 2.72. The highest BCUT2D eigenvalue weighted by Gasteiger charge is 2.44. The van der Waals surface area contributed by atoms with Crippen molar-refractivity contribution >= 4 is 7.82 Å². The quantitative estimate of drug-likeness (QED) is 0.706. The fourth-order valence-electron chi connectivity index (χ4n) is 1.88. The summed E-state index contributed by atoms with van der Waals surface area (Å²) in [7, 11) is 0.204. The molecule has 1 aliphatic heterocycles. The topological polar surface area (TPSA) is 83.5 Å². The van der Waals surface area contributed by atoms with Crippen molar-refractivity contribution in [2.75, 3.05) is 27.9 Å². The molecule has 0 aliphatic carbocycles. The Kier molecular flexibility index (Phi) is 5.53. The summed E-state index contributed by atoms with van der Waals surface area (Å²) in [6, 6.07) is 0. The van der Waals surface area contributed by atoms with Gasteiger partial charge in [0.15, 0.2) is 0 Å². The highest BCUT2D eigenvalue weighted by molar-refractivity contribution is 7.47. The Bertz CT molecular complexity index is 285. The van der Waals surface area contributed by atoms with E-state index in [4.69, 9.17) is 23.6 Å². The maximum atomic E-state index is 11.2. The Balaban J connectivity index is 2.57. The average Bonchev–Trinajstić information content (AvgIpc) is 2.62. The number of hydrogen-bond acceptors (Lipinski definition) is 6. The molecule has 1 aliphatic rings. The summed E-state index contributed by atoms with van der Waals surface area (Å²) < 4.78 is 36.3. The zero-order chi connectivity index (χ0) is 13.1. The van der Waals surface area contributed by atoms with E-state index >= 15 is 0 Å². The first-order valence-corrected chi connectivity index (χ1v) is 6.68. The van der Waals surface area contributed by atoms with Crippen LogP contribution in [0.15, 0.2) is 0 Å². The summed E-state index contributed by atoms with van der Waals surface area (Å²) >= 11 is 0. The normalized spacial score (nSPS) is 37.0. The van der Waals surface area contributed by atoms with Crippen molar-refractivity contribution in [1.82, 2.24) is 0 Å². The molecular formula is C9H19O7P. The van der Waals surface area contributed by atoms with Crippen LogP contribution in [0.5, 0.6) is 0 Å².